The van der Waals surface area contributed by atoms with E-state index in [1.165, 1.54) is 0 Å². The number of carbonyl (C=O) groups excluding carboxylic acids is 2. The molecule has 7 heteroatoms. The van der Waals surface area contributed by atoms with Crippen molar-refractivity contribution in [1.29, 1.82) is 0 Å². The molecule has 0 aliphatic carbocycles. The van der Waals surface area contributed by atoms with E-state index in [-0.39, 0.29) is 17.9 Å². The molecule has 4 rings (SSSR count). The number of amides is 2. The second-order valence-electron chi connectivity index (χ2n) is 6.95. The highest BCUT2D eigenvalue weighted by Crippen LogP contribution is 2.45. The fourth-order valence-electron chi connectivity index (χ4n) is 4.42. The maximum Gasteiger partial charge on any atom is 0.257 e. The molecule has 0 saturated carbocycles. The summed E-state index contributed by atoms with van der Waals surface area (Å²) in [5, 5.41) is 4.43. The van der Waals surface area contributed by atoms with Crippen molar-refractivity contribution in [2.75, 3.05) is 19.7 Å². The fraction of sp³-hybridized carbons (Fsp3) is 0.706. The number of ether oxygens (including phenoxy) is 1. The van der Waals surface area contributed by atoms with E-state index in [0.29, 0.717) is 31.6 Å². The van der Waals surface area contributed by atoms with Gasteiger partial charge >= 0.3 is 0 Å². The molecule has 2 atom stereocenters. The third-order valence-corrected chi connectivity index (χ3v) is 5.50. The predicted molar refractivity (Wildman–Crippen MR) is 86.3 cm³/mol. The van der Waals surface area contributed by atoms with Crippen LogP contribution in [0, 0.1) is 6.92 Å². The van der Waals surface area contributed by atoms with Crippen molar-refractivity contribution in [3.05, 3.63) is 17.5 Å². The highest BCUT2D eigenvalue weighted by molar-refractivity contribution is 5.96. The molecule has 7 nitrogen and oxygen atoms in total. The van der Waals surface area contributed by atoms with Crippen LogP contribution < -0.4 is 0 Å². The van der Waals surface area contributed by atoms with Gasteiger partial charge in [0.2, 0.25) is 5.91 Å². The molecule has 0 radical (unpaired) electrons. The van der Waals surface area contributed by atoms with Crippen molar-refractivity contribution in [3.63, 3.8) is 0 Å². The van der Waals surface area contributed by atoms with Gasteiger partial charge in [-0.05, 0) is 19.8 Å². The highest BCUT2D eigenvalue weighted by Gasteiger charge is 2.61. The number of carbonyl (C=O) groups is 2. The van der Waals surface area contributed by atoms with E-state index in [9.17, 15) is 9.59 Å². The van der Waals surface area contributed by atoms with E-state index in [4.69, 9.17) is 4.74 Å². The van der Waals surface area contributed by atoms with Crippen LogP contribution in [0.1, 0.15) is 48.7 Å². The molecule has 1 aromatic rings. The SMILES string of the molecule is CCCn1cc(C(=O)N2CC[C@@]34OCCCN3C(=O)C[C@@H]24)c(C)n1. The molecular formula is C17H24N4O3. The largest absolute Gasteiger partial charge is 0.353 e. The molecular weight excluding hydrogens is 308 g/mol. The molecule has 24 heavy (non-hydrogen) atoms. The maximum atomic E-state index is 13.1. The van der Waals surface area contributed by atoms with Gasteiger partial charge in [0, 0.05) is 32.3 Å². The Morgan fingerprint density at radius 2 is 2.29 bits per heavy atom. The fourth-order valence-corrected chi connectivity index (χ4v) is 4.42. The number of aromatic nitrogens is 2. The minimum absolute atomic E-state index is 0.0273. The third kappa shape index (κ3) is 2.10. The summed E-state index contributed by atoms with van der Waals surface area (Å²) in [5.74, 6) is 0.0798. The number of aryl methyl sites for hydroxylation is 2. The van der Waals surface area contributed by atoms with Crippen LogP contribution in [0.3, 0.4) is 0 Å². The Hall–Kier alpha value is -1.89. The number of hydrogen-bond acceptors (Lipinski definition) is 4. The Bertz CT molecular complexity index is 685. The van der Waals surface area contributed by atoms with E-state index in [2.05, 4.69) is 12.0 Å². The monoisotopic (exact) mass is 332 g/mol. The van der Waals surface area contributed by atoms with Crippen molar-refractivity contribution in [3.8, 4) is 0 Å². The van der Waals surface area contributed by atoms with Crippen LogP contribution in [-0.2, 0) is 16.1 Å². The summed E-state index contributed by atoms with van der Waals surface area (Å²) in [4.78, 5) is 29.2. The van der Waals surface area contributed by atoms with Gasteiger partial charge in [0.25, 0.3) is 5.91 Å². The molecule has 3 aliphatic rings. The Morgan fingerprint density at radius 3 is 3.08 bits per heavy atom. The molecule has 0 bridgehead atoms. The lowest BCUT2D eigenvalue weighted by atomic mass is 10.0. The van der Waals surface area contributed by atoms with E-state index >= 15 is 0 Å². The van der Waals surface area contributed by atoms with Crippen molar-refractivity contribution in [2.45, 2.75) is 57.8 Å². The van der Waals surface area contributed by atoms with Crippen LogP contribution in [0.25, 0.3) is 0 Å². The van der Waals surface area contributed by atoms with E-state index in [0.717, 1.165) is 31.6 Å². The van der Waals surface area contributed by atoms with Gasteiger partial charge in [0.1, 0.15) is 0 Å². The van der Waals surface area contributed by atoms with Crippen LogP contribution in [0.5, 0.6) is 0 Å². The normalized spacial score (nSPS) is 29.1. The minimum atomic E-state index is -0.585. The van der Waals surface area contributed by atoms with Crippen LogP contribution >= 0.6 is 0 Å². The predicted octanol–water partition coefficient (Wildman–Crippen LogP) is 1.16. The van der Waals surface area contributed by atoms with Crippen molar-refractivity contribution in [2.24, 2.45) is 0 Å². The summed E-state index contributed by atoms with van der Waals surface area (Å²) in [7, 11) is 0. The average molecular weight is 332 g/mol. The van der Waals surface area contributed by atoms with Crippen LogP contribution in [-0.4, -0.2) is 62.9 Å². The standard InChI is InChI=1S/C17H24N4O3/c1-3-6-19-11-13(12(2)18-19)16(23)20-8-5-17-14(20)10-15(22)21(17)7-4-9-24-17/h11,14H,3-10H2,1-2H3/t14-,17+/m1/s1. The second-order valence-corrected chi connectivity index (χ2v) is 6.95. The van der Waals surface area contributed by atoms with Crippen LogP contribution in [0.2, 0.25) is 0 Å². The minimum Gasteiger partial charge on any atom is -0.353 e. The van der Waals surface area contributed by atoms with Gasteiger partial charge in [-0.25, -0.2) is 0 Å². The lowest BCUT2D eigenvalue weighted by Crippen LogP contribution is -2.56. The first-order valence-corrected chi connectivity index (χ1v) is 8.86. The molecule has 0 N–H and O–H groups in total. The number of rotatable bonds is 3. The van der Waals surface area contributed by atoms with Gasteiger partial charge in [0.15, 0.2) is 5.72 Å². The first kappa shape index (κ1) is 15.6. The van der Waals surface area contributed by atoms with Crippen molar-refractivity contribution in [1.82, 2.24) is 19.6 Å². The zero-order valence-electron chi connectivity index (χ0n) is 14.3. The summed E-state index contributed by atoms with van der Waals surface area (Å²) < 4.78 is 7.90. The van der Waals surface area contributed by atoms with Crippen molar-refractivity contribution < 1.29 is 14.3 Å². The van der Waals surface area contributed by atoms with Crippen LogP contribution in [0.4, 0.5) is 0 Å². The van der Waals surface area contributed by atoms with Crippen LogP contribution in [0.15, 0.2) is 6.20 Å². The maximum absolute atomic E-state index is 13.1. The molecule has 4 heterocycles. The Kier molecular flexibility index (Phi) is 3.63. The number of likely N-dealkylation sites (tertiary alicyclic amines) is 1. The molecule has 130 valence electrons. The van der Waals surface area contributed by atoms with Crippen molar-refractivity contribution >= 4 is 11.8 Å². The lowest BCUT2D eigenvalue weighted by Gasteiger charge is -2.42. The summed E-state index contributed by atoms with van der Waals surface area (Å²) in [6.07, 6.45) is 4.76. The molecule has 1 spiro atoms. The van der Waals surface area contributed by atoms with E-state index in [1.54, 1.807) is 0 Å². The quantitative estimate of drug-likeness (QED) is 0.833. The molecule has 2 amide bonds. The van der Waals surface area contributed by atoms with E-state index < -0.39 is 5.72 Å². The highest BCUT2D eigenvalue weighted by atomic mass is 16.5. The zero-order valence-corrected chi connectivity index (χ0v) is 14.3. The molecule has 0 aromatic carbocycles. The molecule has 3 aliphatic heterocycles. The summed E-state index contributed by atoms with van der Waals surface area (Å²) >= 11 is 0. The number of nitrogens with zero attached hydrogens (tertiary/aromatic N) is 4. The third-order valence-electron chi connectivity index (χ3n) is 5.50. The van der Waals surface area contributed by atoms with Gasteiger partial charge in [-0.2, -0.15) is 5.10 Å². The summed E-state index contributed by atoms with van der Waals surface area (Å²) in [5.41, 5.74) is 0.806. The summed E-state index contributed by atoms with van der Waals surface area (Å²) in [6.45, 7) is 6.79. The van der Waals surface area contributed by atoms with Gasteiger partial charge < -0.3 is 14.5 Å². The topological polar surface area (TPSA) is 67.7 Å². The molecule has 3 fully saturated rings. The Balaban J connectivity index is 1.61. The summed E-state index contributed by atoms with van der Waals surface area (Å²) in [6, 6.07) is -0.174. The van der Waals surface area contributed by atoms with Gasteiger partial charge in [-0.3, -0.25) is 14.3 Å². The molecule has 0 unspecified atom stereocenters. The second kappa shape index (κ2) is 5.58. The first-order chi connectivity index (χ1) is 11.6. The van der Waals surface area contributed by atoms with Gasteiger partial charge in [-0.1, -0.05) is 6.92 Å². The first-order valence-electron chi connectivity index (χ1n) is 8.86. The Morgan fingerprint density at radius 1 is 1.46 bits per heavy atom. The lowest BCUT2D eigenvalue weighted by molar-refractivity contribution is -0.179. The smallest absolute Gasteiger partial charge is 0.257 e. The van der Waals surface area contributed by atoms with E-state index in [1.807, 2.05) is 27.6 Å². The molecule has 1 aromatic heterocycles. The Labute approximate surface area is 141 Å². The zero-order chi connectivity index (χ0) is 16.9. The van der Waals surface area contributed by atoms with Gasteiger partial charge in [0.05, 0.1) is 30.3 Å². The average Bonchev–Trinajstić information content (AvgIpc) is 3.17. The van der Waals surface area contributed by atoms with Gasteiger partial charge in [-0.15, -0.1) is 0 Å². The number of hydrogen-bond donors (Lipinski definition) is 0. The molecule has 3 saturated heterocycles.